The first kappa shape index (κ1) is 22.7. The van der Waals surface area contributed by atoms with Crippen molar-refractivity contribution in [2.75, 3.05) is 10.6 Å². The van der Waals surface area contributed by atoms with Gasteiger partial charge in [0.1, 0.15) is 11.9 Å². The zero-order valence-electron chi connectivity index (χ0n) is 15.9. The molecule has 1 N–H and O–H groups in total. The molecule has 2 aromatic rings. The minimum atomic E-state index is -4.66. The normalized spacial score (nSPS) is 14.2. The number of hydrogen-bond donors (Lipinski definition) is 1. The van der Waals surface area contributed by atoms with Crippen LogP contribution >= 0.6 is 0 Å². The Kier molecular flexibility index (Phi) is 6.56. The molecule has 1 amide bonds. The molecule has 0 fully saturated rings. The Morgan fingerprint density at radius 2 is 1.66 bits per heavy atom. The SMILES string of the molecule is C[C@@H](NC(=O)[C@H](C)N(c1cccc(C(F)(F)F)c1)S(C)(=O)=O)c1ccc(F)cc1. The maximum atomic E-state index is 13.0. The molecule has 0 heterocycles. The van der Waals surface area contributed by atoms with Crippen LogP contribution in [0, 0.1) is 5.82 Å². The Morgan fingerprint density at radius 3 is 2.17 bits per heavy atom. The molecule has 0 unspecified atom stereocenters. The van der Waals surface area contributed by atoms with Gasteiger partial charge in [0, 0.05) is 0 Å². The summed E-state index contributed by atoms with van der Waals surface area (Å²) < 4.78 is 77.2. The van der Waals surface area contributed by atoms with E-state index in [4.69, 9.17) is 0 Å². The minimum absolute atomic E-state index is 0.278. The number of amides is 1. The summed E-state index contributed by atoms with van der Waals surface area (Å²) in [4.78, 5) is 12.6. The van der Waals surface area contributed by atoms with E-state index >= 15 is 0 Å². The van der Waals surface area contributed by atoms with Crippen LogP contribution in [-0.4, -0.2) is 26.6 Å². The van der Waals surface area contributed by atoms with Crippen LogP contribution in [0.4, 0.5) is 23.2 Å². The van der Waals surface area contributed by atoms with Gasteiger partial charge in [0.05, 0.1) is 23.5 Å². The number of halogens is 4. The Balaban J connectivity index is 2.31. The molecule has 0 radical (unpaired) electrons. The van der Waals surface area contributed by atoms with Gasteiger partial charge >= 0.3 is 6.18 Å². The zero-order chi connectivity index (χ0) is 22.0. The van der Waals surface area contributed by atoms with Crippen molar-refractivity contribution in [3.8, 4) is 0 Å². The first-order valence-corrected chi connectivity index (χ1v) is 10.4. The van der Waals surface area contributed by atoms with E-state index in [1.165, 1.54) is 37.3 Å². The third-order valence-electron chi connectivity index (χ3n) is 4.25. The van der Waals surface area contributed by atoms with E-state index in [1.807, 2.05) is 0 Å². The highest BCUT2D eigenvalue weighted by Gasteiger charge is 2.34. The molecule has 0 aromatic heterocycles. The second kappa shape index (κ2) is 8.40. The molecule has 0 saturated carbocycles. The van der Waals surface area contributed by atoms with Crippen LogP contribution < -0.4 is 9.62 Å². The summed E-state index contributed by atoms with van der Waals surface area (Å²) in [5.41, 5.74) is -0.729. The molecule has 10 heteroatoms. The maximum absolute atomic E-state index is 13.0. The van der Waals surface area contributed by atoms with Crippen molar-refractivity contribution < 1.29 is 30.8 Å². The first-order chi connectivity index (χ1) is 13.3. The molecule has 29 heavy (non-hydrogen) atoms. The van der Waals surface area contributed by atoms with Crippen LogP contribution in [-0.2, 0) is 21.0 Å². The van der Waals surface area contributed by atoms with E-state index in [-0.39, 0.29) is 5.69 Å². The summed E-state index contributed by atoms with van der Waals surface area (Å²) >= 11 is 0. The van der Waals surface area contributed by atoms with Gasteiger partial charge in [-0.2, -0.15) is 13.2 Å². The number of alkyl halides is 3. The molecule has 0 aliphatic rings. The summed E-state index contributed by atoms with van der Waals surface area (Å²) in [6.45, 7) is 2.89. The number of hydrogen-bond acceptors (Lipinski definition) is 3. The largest absolute Gasteiger partial charge is 0.416 e. The number of nitrogens with zero attached hydrogens (tertiary/aromatic N) is 1. The molecule has 2 atom stereocenters. The Labute approximate surface area is 166 Å². The molecule has 2 aromatic carbocycles. The van der Waals surface area contributed by atoms with Gasteiger partial charge in [-0.1, -0.05) is 18.2 Å². The standard InChI is InChI=1S/C19H20F4N2O3S/c1-12(14-7-9-16(20)10-8-14)24-18(26)13(2)25(29(3,27)28)17-6-4-5-15(11-17)19(21,22)23/h4-13H,1-3H3,(H,24,26)/t12-,13+/m1/s1. The van der Waals surface area contributed by atoms with Crippen LogP contribution in [0.5, 0.6) is 0 Å². The molecular formula is C19H20F4N2O3S. The number of rotatable bonds is 6. The fourth-order valence-corrected chi connectivity index (χ4v) is 3.96. The number of nitrogens with one attached hydrogen (secondary N) is 1. The van der Waals surface area contributed by atoms with Crippen molar-refractivity contribution in [2.24, 2.45) is 0 Å². The average molecular weight is 432 g/mol. The van der Waals surface area contributed by atoms with Crippen molar-refractivity contribution in [1.82, 2.24) is 5.32 Å². The highest BCUT2D eigenvalue weighted by atomic mass is 32.2. The molecule has 0 saturated heterocycles. The number of carbonyl (C=O) groups is 1. The lowest BCUT2D eigenvalue weighted by atomic mass is 10.1. The van der Waals surface area contributed by atoms with Crippen molar-refractivity contribution in [1.29, 1.82) is 0 Å². The van der Waals surface area contributed by atoms with Gasteiger partial charge in [0.25, 0.3) is 0 Å². The molecule has 2 rings (SSSR count). The lowest BCUT2D eigenvalue weighted by molar-refractivity contribution is -0.137. The van der Waals surface area contributed by atoms with Crippen molar-refractivity contribution in [2.45, 2.75) is 32.1 Å². The molecule has 0 aliphatic heterocycles. The molecule has 158 valence electrons. The second-order valence-electron chi connectivity index (χ2n) is 6.56. The third-order valence-corrected chi connectivity index (χ3v) is 5.49. The Morgan fingerprint density at radius 1 is 1.07 bits per heavy atom. The summed E-state index contributed by atoms with van der Waals surface area (Å²) in [5.74, 6) is -1.17. The number of anilines is 1. The number of sulfonamides is 1. The molecule has 0 bridgehead atoms. The summed E-state index contributed by atoms with van der Waals surface area (Å²) in [6, 6.07) is 7.20. The highest BCUT2D eigenvalue weighted by molar-refractivity contribution is 7.92. The summed E-state index contributed by atoms with van der Waals surface area (Å²) in [5, 5.41) is 2.59. The molecular weight excluding hydrogens is 412 g/mol. The first-order valence-electron chi connectivity index (χ1n) is 8.53. The monoisotopic (exact) mass is 432 g/mol. The Bertz CT molecular complexity index is 976. The molecule has 0 spiro atoms. The predicted octanol–water partition coefficient (Wildman–Crippen LogP) is 3.88. The molecule has 5 nitrogen and oxygen atoms in total. The van der Waals surface area contributed by atoms with Crippen LogP contribution in [0.25, 0.3) is 0 Å². The predicted molar refractivity (Wildman–Crippen MR) is 101 cm³/mol. The van der Waals surface area contributed by atoms with E-state index in [1.54, 1.807) is 6.92 Å². The minimum Gasteiger partial charge on any atom is -0.348 e. The topological polar surface area (TPSA) is 66.5 Å². The zero-order valence-corrected chi connectivity index (χ0v) is 16.7. The van der Waals surface area contributed by atoms with Gasteiger partial charge in [-0.25, -0.2) is 12.8 Å². The fourth-order valence-electron chi connectivity index (χ4n) is 2.80. The van der Waals surface area contributed by atoms with E-state index in [0.717, 1.165) is 18.4 Å². The number of carbonyl (C=O) groups excluding carboxylic acids is 1. The van der Waals surface area contributed by atoms with Crippen LogP contribution in [0.15, 0.2) is 48.5 Å². The number of benzene rings is 2. The smallest absolute Gasteiger partial charge is 0.348 e. The lowest BCUT2D eigenvalue weighted by Crippen LogP contribution is -2.48. The van der Waals surface area contributed by atoms with Crippen LogP contribution in [0.2, 0.25) is 0 Å². The fraction of sp³-hybridized carbons (Fsp3) is 0.316. The third kappa shape index (κ3) is 5.69. The summed E-state index contributed by atoms with van der Waals surface area (Å²) in [6.07, 6.45) is -3.86. The van der Waals surface area contributed by atoms with Gasteiger partial charge in [0.2, 0.25) is 15.9 Å². The van der Waals surface area contributed by atoms with Crippen molar-refractivity contribution in [3.63, 3.8) is 0 Å². The van der Waals surface area contributed by atoms with E-state index in [2.05, 4.69) is 5.32 Å². The highest BCUT2D eigenvalue weighted by Crippen LogP contribution is 2.33. The Hall–Kier alpha value is -2.62. The van der Waals surface area contributed by atoms with E-state index in [0.29, 0.717) is 15.9 Å². The van der Waals surface area contributed by atoms with Crippen molar-refractivity contribution >= 4 is 21.6 Å². The van der Waals surface area contributed by atoms with Crippen LogP contribution in [0.3, 0.4) is 0 Å². The quantitative estimate of drug-likeness (QED) is 0.705. The van der Waals surface area contributed by atoms with E-state index in [9.17, 15) is 30.8 Å². The van der Waals surface area contributed by atoms with Gasteiger partial charge in [-0.05, 0) is 49.7 Å². The molecule has 0 aliphatic carbocycles. The van der Waals surface area contributed by atoms with Gasteiger partial charge in [-0.3, -0.25) is 9.10 Å². The second-order valence-corrected chi connectivity index (χ2v) is 8.42. The average Bonchev–Trinajstić information content (AvgIpc) is 2.60. The van der Waals surface area contributed by atoms with Crippen LogP contribution in [0.1, 0.15) is 31.0 Å². The van der Waals surface area contributed by atoms with Gasteiger partial charge in [-0.15, -0.1) is 0 Å². The van der Waals surface area contributed by atoms with Crippen molar-refractivity contribution in [3.05, 3.63) is 65.5 Å². The maximum Gasteiger partial charge on any atom is 0.416 e. The van der Waals surface area contributed by atoms with E-state index < -0.39 is 45.6 Å². The lowest BCUT2D eigenvalue weighted by Gasteiger charge is -2.29. The van der Waals surface area contributed by atoms with Gasteiger partial charge < -0.3 is 5.32 Å². The van der Waals surface area contributed by atoms with Gasteiger partial charge in [0.15, 0.2) is 0 Å². The summed E-state index contributed by atoms with van der Waals surface area (Å²) in [7, 11) is -4.07.